The Morgan fingerprint density at radius 3 is 2.05 bits per heavy atom. The van der Waals surface area contributed by atoms with Gasteiger partial charge in [-0.2, -0.15) is 0 Å². The minimum atomic E-state index is -1.65. The number of aromatic nitrogens is 2. The van der Waals surface area contributed by atoms with Gasteiger partial charge in [0.1, 0.15) is 0 Å². The molecule has 0 aliphatic carbocycles. The molecule has 2 aromatic carbocycles. The number of halogens is 1. The third kappa shape index (κ3) is 5.88. The van der Waals surface area contributed by atoms with E-state index in [2.05, 4.69) is 140 Å². The fraction of sp³-hybridized carbons (Fsp3) is 0.344. The van der Waals surface area contributed by atoms with E-state index in [1.807, 2.05) is 0 Å². The van der Waals surface area contributed by atoms with Crippen LogP contribution in [0.4, 0.5) is 5.82 Å². The molecule has 200 valence electrons. The summed E-state index contributed by atoms with van der Waals surface area (Å²) in [6, 6.07) is 23.9. The number of nitrogens with zero attached hydrogens (tertiary/aromatic N) is 3. The summed E-state index contributed by atoms with van der Waals surface area (Å²) in [5.74, 6) is 2.03. The number of hydrogen-bond donors (Lipinski definition) is 0. The first-order valence-electron chi connectivity index (χ1n) is 13.3. The Bertz CT molecular complexity index is 1410. The van der Waals surface area contributed by atoms with Gasteiger partial charge in [-0.3, -0.25) is 0 Å². The maximum atomic E-state index is 7.48. The van der Waals surface area contributed by atoms with Crippen molar-refractivity contribution in [1.29, 1.82) is 0 Å². The number of imidazole rings is 1. The molecule has 0 radical (unpaired) electrons. The van der Waals surface area contributed by atoms with Crippen molar-refractivity contribution in [2.75, 3.05) is 18.0 Å². The predicted molar refractivity (Wildman–Crippen MR) is 158 cm³/mol. The zero-order valence-corrected chi connectivity index (χ0v) is 25.2. The standard InChI is InChI=1S/C23H31N3.C9H9.ClH.Pd/c1-7-24(8-2)22-14-9-11-19-15-25(16-26(19)22)23-20(17(3)4)12-10-13-21(23)18(5)6;1-2-6-9-7-4-3-5-8-9;;/h9-15,17-18H,7-8H2,1-6H3;2-8H,1H2;1H;/q;;;+1/p-1. The van der Waals surface area contributed by atoms with Gasteiger partial charge in [0, 0.05) is 0 Å². The first kappa shape index (κ1) is 27.7. The van der Waals surface area contributed by atoms with E-state index in [1.54, 1.807) is 0 Å². The molecule has 4 aromatic rings. The van der Waals surface area contributed by atoms with Crippen LogP contribution >= 0.6 is 9.53 Å². The Hall–Kier alpha value is -2.38. The van der Waals surface area contributed by atoms with Crippen LogP contribution in [0.3, 0.4) is 0 Å². The number of benzene rings is 2. The second-order valence-electron chi connectivity index (χ2n) is 9.85. The number of allylic oxidation sites excluding steroid dienone is 1. The number of para-hydroxylation sites is 1. The predicted octanol–water partition coefficient (Wildman–Crippen LogP) is 9.26. The van der Waals surface area contributed by atoms with E-state index in [1.165, 1.54) is 37.6 Å². The van der Waals surface area contributed by atoms with Crippen molar-refractivity contribution in [1.82, 2.24) is 8.97 Å². The van der Waals surface area contributed by atoms with Crippen LogP contribution in [0.2, 0.25) is 4.89 Å². The molecule has 0 aliphatic rings. The summed E-state index contributed by atoms with van der Waals surface area (Å²) in [6.07, 6.45) is 6.77. The van der Waals surface area contributed by atoms with E-state index in [-0.39, 0.29) is 0 Å². The Morgan fingerprint density at radius 1 is 0.838 bits per heavy atom. The van der Waals surface area contributed by atoms with Crippen LogP contribution in [0.15, 0.2) is 79.0 Å². The number of fused-ring (bicyclic) bond motifs is 1. The molecule has 0 N–H and O–H groups in total. The summed E-state index contributed by atoms with van der Waals surface area (Å²) in [4.78, 5) is 3.27. The van der Waals surface area contributed by atoms with Crippen LogP contribution < -0.4 is 4.90 Å². The normalized spacial score (nSPS) is 13.8. The van der Waals surface area contributed by atoms with Gasteiger partial charge < -0.3 is 0 Å². The average Bonchev–Trinajstić information content (AvgIpc) is 3.29. The summed E-state index contributed by atoms with van der Waals surface area (Å²) >= 11 is -1.65. The maximum absolute atomic E-state index is 7.48. The van der Waals surface area contributed by atoms with Gasteiger partial charge in [-0.05, 0) is 0 Å². The van der Waals surface area contributed by atoms with Crippen LogP contribution in [-0.2, 0) is 15.3 Å². The molecule has 0 unspecified atom stereocenters. The summed E-state index contributed by atoms with van der Waals surface area (Å²) < 4.78 is 6.09. The van der Waals surface area contributed by atoms with Crippen LogP contribution in [0.5, 0.6) is 0 Å². The van der Waals surface area contributed by atoms with Gasteiger partial charge >= 0.3 is 233 Å². The van der Waals surface area contributed by atoms with Crippen molar-refractivity contribution >= 4 is 26.9 Å². The van der Waals surface area contributed by atoms with E-state index in [9.17, 15) is 0 Å². The van der Waals surface area contributed by atoms with Crippen molar-refractivity contribution in [3.05, 3.63) is 99.6 Å². The molecule has 0 amide bonds. The molecule has 0 aliphatic heterocycles. The number of rotatable bonds is 9. The van der Waals surface area contributed by atoms with Gasteiger partial charge in [0.15, 0.2) is 0 Å². The Kier molecular flexibility index (Phi) is 9.30. The molecular weight excluding hydrogens is 568 g/mol. The molecule has 0 spiro atoms. The minimum absolute atomic E-state index is 0.407. The van der Waals surface area contributed by atoms with E-state index >= 15 is 0 Å². The van der Waals surface area contributed by atoms with Crippen molar-refractivity contribution in [3.8, 4) is 5.69 Å². The number of hydrogen-bond acceptors (Lipinski definition) is 1. The van der Waals surface area contributed by atoms with Crippen LogP contribution in [0, 0.1) is 3.89 Å². The van der Waals surface area contributed by atoms with E-state index in [4.69, 9.17) is 9.53 Å². The topological polar surface area (TPSA) is 12.6 Å². The van der Waals surface area contributed by atoms with Gasteiger partial charge in [0.25, 0.3) is 0 Å². The second kappa shape index (κ2) is 12.4. The zero-order valence-electron chi connectivity index (χ0n) is 22.9. The molecule has 0 bridgehead atoms. The van der Waals surface area contributed by atoms with Crippen LogP contribution in [-0.4, -0.2) is 22.1 Å². The second-order valence-corrected chi connectivity index (χ2v) is 14.1. The summed E-state index contributed by atoms with van der Waals surface area (Å²) in [5.41, 5.74) is 6.43. The molecule has 2 aromatic heterocycles. The fourth-order valence-electron chi connectivity index (χ4n) is 4.84. The first-order valence-corrected chi connectivity index (χ1v) is 17.1. The molecule has 5 heteroatoms. The third-order valence-corrected chi connectivity index (χ3v) is 10.3. The van der Waals surface area contributed by atoms with Crippen molar-refractivity contribution in [2.45, 2.75) is 58.3 Å². The Morgan fingerprint density at radius 2 is 1.46 bits per heavy atom. The van der Waals surface area contributed by atoms with Gasteiger partial charge in [0.05, 0.1) is 0 Å². The molecule has 0 saturated carbocycles. The van der Waals surface area contributed by atoms with Crippen molar-refractivity contribution in [2.24, 2.45) is 0 Å². The molecule has 4 rings (SSSR count). The van der Waals surface area contributed by atoms with Crippen molar-refractivity contribution in [3.63, 3.8) is 0 Å². The Labute approximate surface area is 231 Å². The zero-order chi connectivity index (χ0) is 26.5. The quantitative estimate of drug-likeness (QED) is 0.173. The molecule has 3 nitrogen and oxygen atoms in total. The van der Waals surface area contributed by atoms with Crippen LogP contribution in [0.1, 0.15) is 70.1 Å². The molecule has 0 saturated heterocycles. The number of anilines is 1. The van der Waals surface area contributed by atoms with E-state index in [0.29, 0.717) is 11.8 Å². The van der Waals surface area contributed by atoms with E-state index in [0.717, 1.165) is 18.0 Å². The number of pyridine rings is 1. The van der Waals surface area contributed by atoms with Crippen molar-refractivity contribution < 1.29 is 15.3 Å². The van der Waals surface area contributed by atoms with E-state index < -0.39 is 15.3 Å². The SMILES string of the molecule is CCN(CC)c1cccc2cn(-c3c(C(C)C)cccc3C(C)C)[c](=[Pd]([Cl])[CH2]C=Cc3ccccc3)n12. The Balaban J connectivity index is 2.06. The molecule has 37 heavy (non-hydrogen) atoms. The van der Waals surface area contributed by atoms with Gasteiger partial charge in [0.2, 0.25) is 0 Å². The molecule has 0 fully saturated rings. The monoisotopic (exact) mass is 607 g/mol. The van der Waals surface area contributed by atoms with Gasteiger partial charge in [-0.1, -0.05) is 0 Å². The molecular formula is C32H40ClN3Pd. The fourth-order valence-corrected chi connectivity index (χ4v) is 8.06. The van der Waals surface area contributed by atoms with Crippen LogP contribution in [0.25, 0.3) is 17.3 Å². The molecule has 2 heterocycles. The average molecular weight is 609 g/mol. The summed E-state index contributed by atoms with van der Waals surface area (Å²) in [7, 11) is 7.48. The first-order chi connectivity index (χ1) is 17.9. The summed E-state index contributed by atoms with van der Waals surface area (Å²) in [6.45, 7) is 15.5. The summed E-state index contributed by atoms with van der Waals surface area (Å²) in [5, 5.41) is 0. The molecule has 0 atom stereocenters. The van der Waals surface area contributed by atoms with Gasteiger partial charge in [-0.25, -0.2) is 0 Å². The third-order valence-electron chi connectivity index (χ3n) is 6.74. The van der Waals surface area contributed by atoms with Gasteiger partial charge in [-0.15, -0.1) is 0 Å².